The van der Waals surface area contributed by atoms with Crippen molar-refractivity contribution in [3.8, 4) is 17.2 Å². The summed E-state index contributed by atoms with van der Waals surface area (Å²) < 4.78 is 10.6. The fourth-order valence-corrected chi connectivity index (χ4v) is 4.31. The van der Waals surface area contributed by atoms with Crippen LogP contribution in [0.1, 0.15) is 35.6 Å². The summed E-state index contributed by atoms with van der Waals surface area (Å²) in [6.45, 7) is 1.52. The number of phenols is 1. The van der Waals surface area contributed by atoms with Crippen LogP contribution in [-0.2, 0) is 12.8 Å². The Morgan fingerprint density at radius 3 is 2.56 bits per heavy atom. The zero-order valence-corrected chi connectivity index (χ0v) is 16.0. The molecule has 0 aromatic heterocycles. The molecule has 144 valence electrons. The van der Waals surface area contributed by atoms with E-state index in [2.05, 4.69) is 12.1 Å². The van der Waals surface area contributed by atoms with Crippen LogP contribution in [0.2, 0.25) is 0 Å². The average Bonchev–Trinajstić information content (AvgIpc) is 3.47. The molecule has 0 unspecified atom stereocenters. The van der Waals surface area contributed by atoms with Crippen LogP contribution < -0.4 is 9.47 Å². The normalized spacial score (nSPS) is 24.3. The molecule has 5 heteroatoms. The molecule has 0 radical (unpaired) electrons. The number of methoxy groups -OCH3 is 2. The molecule has 4 rings (SSSR count). The van der Waals surface area contributed by atoms with Gasteiger partial charge >= 0.3 is 0 Å². The van der Waals surface area contributed by atoms with Crippen molar-refractivity contribution >= 4 is 0 Å². The molecular formula is C22H28NO4+. The van der Waals surface area contributed by atoms with E-state index in [4.69, 9.17) is 9.47 Å². The largest absolute Gasteiger partial charge is 0.504 e. The third kappa shape index (κ3) is 3.62. The average molecular weight is 370 g/mol. The summed E-state index contributed by atoms with van der Waals surface area (Å²) in [6, 6.07) is 11.6. The predicted molar refractivity (Wildman–Crippen MR) is 102 cm³/mol. The number of fused-ring (bicyclic) bond motifs is 1. The third-order valence-electron chi connectivity index (χ3n) is 6.00. The number of hydrogen-bond donors (Lipinski definition) is 2. The Balaban J connectivity index is 1.69. The number of aromatic hydroxyl groups is 1. The number of quaternary nitrogens is 1. The molecule has 1 heterocycles. The number of benzene rings is 2. The fraction of sp³-hybridized carbons (Fsp3) is 0.455. The predicted octanol–water partition coefficient (Wildman–Crippen LogP) is 3.87. The van der Waals surface area contributed by atoms with Crippen LogP contribution in [0.15, 0.2) is 36.4 Å². The summed E-state index contributed by atoms with van der Waals surface area (Å²) in [5.74, 6) is 2.09. The monoisotopic (exact) mass is 370 g/mol. The van der Waals surface area contributed by atoms with Crippen molar-refractivity contribution in [1.29, 1.82) is 0 Å². The van der Waals surface area contributed by atoms with Crippen molar-refractivity contribution in [2.75, 3.05) is 27.3 Å². The Hall–Kier alpha value is -2.24. The van der Waals surface area contributed by atoms with Crippen LogP contribution in [0.4, 0.5) is 0 Å². The maximum atomic E-state index is 11.6. The first-order valence-corrected chi connectivity index (χ1v) is 9.64. The maximum Gasteiger partial charge on any atom is 0.160 e. The standard InChI is InChI=1S/C22H27NO4/c1-26-18-6-7-19-17(13-18)9-10-23(25,14-15-3-4-15)20(19)11-16-5-8-22(27-2)21(24)12-16/h5-8,12-13,15,20,25H,3-4,9-11,14H2,1-2H3/p+1/t20-,23+/m1/s1. The van der Waals surface area contributed by atoms with E-state index in [0.717, 1.165) is 24.3 Å². The van der Waals surface area contributed by atoms with E-state index in [-0.39, 0.29) is 16.4 Å². The molecule has 2 aromatic carbocycles. The zero-order chi connectivity index (χ0) is 19.0. The number of hydroxylamine groups is 3. The van der Waals surface area contributed by atoms with Gasteiger partial charge in [-0.2, -0.15) is 4.65 Å². The Bertz CT molecular complexity index is 833. The number of phenolic OH excluding ortho intramolecular Hbond substituents is 1. The van der Waals surface area contributed by atoms with Crippen molar-refractivity contribution < 1.29 is 24.4 Å². The Labute approximate surface area is 160 Å². The third-order valence-corrected chi connectivity index (χ3v) is 6.00. The zero-order valence-electron chi connectivity index (χ0n) is 16.0. The first-order valence-electron chi connectivity index (χ1n) is 9.64. The van der Waals surface area contributed by atoms with Crippen molar-refractivity contribution in [2.45, 2.75) is 31.7 Å². The van der Waals surface area contributed by atoms with E-state index in [0.29, 0.717) is 24.6 Å². The van der Waals surface area contributed by atoms with Gasteiger partial charge in [-0.25, -0.2) is 5.21 Å². The lowest BCUT2D eigenvalue weighted by molar-refractivity contribution is -1.13. The summed E-state index contributed by atoms with van der Waals surface area (Å²) >= 11 is 0. The Morgan fingerprint density at radius 2 is 1.89 bits per heavy atom. The molecule has 0 bridgehead atoms. The minimum atomic E-state index is -0.0481. The maximum absolute atomic E-state index is 11.6. The molecule has 0 spiro atoms. The molecule has 27 heavy (non-hydrogen) atoms. The Kier molecular flexibility index (Phi) is 4.74. The highest BCUT2D eigenvalue weighted by atomic mass is 16.5. The molecule has 5 nitrogen and oxygen atoms in total. The van der Waals surface area contributed by atoms with Crippen LogP contribution in [0.3, 0.4) is 0 Å². The van der Waals surface area contributed by atoms with Gasteiger partial charge in [-0.3, -0.25) is 0 Å². The van der Waals surface area contributed by atoms with Crippen LogP contribution in [0.25, 0.3) is 0 Å². The topological polar surface area (TPSA) is 58.9 Å². The van der Waals surface area contributed by atoms with Crippen molar-refractivity contribution in [3.05, 3.63) is 53.1 Å². The van der Waals surface area contributed by atoms with E-state index in [1.165, 1.54) is 24.0 Å². The highest BCUT2D eigenvalue weighted by molar-refractivity contribution is 5.43. The van der Waals surface area contributed by atoms with Gasteiger partial charge in [0.1, 0.15) is 24.9 Å². The number of ether oxygens (including phenoxy) is 2. The second kappa shape index (κ2) is 7.06. The molecule has 2 aromatic rings. The van der Waals surface area contributed by atoms with Gasteiger partial charge in [0.25, 0.3) is 0 Å². The van der Waals surface area contributed by atoms with Gasteiger partial charge in [0.15, 0.2) is 11.5 Å². The van der Waals surface area contributed by atoms with E-state index >= 15 is 0 Å². The van der Waals surface area contributed by atoms with Gasteiger partial charge in [-0.15, -0.1) is 0 Å². The smallest absolute Gasteiger partial charge is 0.160 e. The van der Waals surface area contributed by atoms with Crippen molar-refractivity contribution in [2.24, 2.45) is 5.92 Å². The molecule has 2 aliphatic rings. The molecule has 1 fully saturated rings. The summed E-state index contributed by atoms with van der Waals surface area (Å²) in [5, 5.41) is 21.7. The first kappa shape index (κ1) is 18.1. The van der Waals surface area contributed by atoms with Crippen LogP contribution in [0.5, 0.6) is 17.2 Å². The van der Waals surface area contributed by atoms with E-state index in [1.807, 2.05) is 12.1 Å². The molecule has 1 saturated carbocycles. The molecule has 1 aliphatic heterocycles. The van der Waals surface area contributed by atoms with Gasteiger partial charge in [-0.1, -0.05) is 6.07 Å². The van der Waals surface area contributed by atoms with E-state index in [1.54, 1.807) is 26.4 Å². The lowest BCUT2D eigenvalue weighted by atomic mass is 9.87. The SMILES string of the molecule is COc1ccc2c(c1)CC[N@+](O)(CC1CC1)[C@@H]2Cc1ccc(OC)c(O)c1. The van der Waals surface area contributed by atoms with E-state index in [9.17, 15) is 10.3 Å². The first-order chi connectivity index (χ1) is 13.0. The summed E-state index contributed by atoms with van der Waals surface area (Å²) in [4.78, 5) is 0. The van der Waals surface area contributed by atoms with Crippen LogP contribution in [0, 0.1) is 5.92 Å². The van der Waals surface area contributed by atoms with Gasteiger partial charge in [0, 0.05) is 24.3 Å². The van der Waals surface area contributed by atoms with Gasteiger partial charge < -0.3 is 14.6 Å². The second-order valence-electron chi connectivity index (χ2n) is 7.88. The lowest BCUT2D eigenvalue weighted by Crippen LogP contribution is -2.53. The van der Waals surface area contributed by atoms with Crippen molar-refractivity contribution in [1.82, 2.24) is 0 Å². The van der Waals surface area contributed by atoms with Gasteiger partial charge in [0.05, 0.1) is 14.2 Å². The minimum Gasteiger partial charge on any atom is -0.504 e. The molecule has 0 amide bonds. The summed E-state index contributed by atoms with van der Waals surface area (Å²) in [6.07, 6.45) is 3.94. The summed E-state index contributed by atoms with van der Waals surface area (Å²) in [5.41, 5.74) is 3.42. The highest BCUT2D eigenvalue weighted by Crippen LogP contribution is 2.43. The fourth-order valence-electron chi connectivity index (χ4n) is 4.31. The second-order valence-corrected chi connectivity index (χ2v) is 7.88. The highest BCUT2D eigenvalue weighted by Gasteiger charge is 2.45. The molecular weight excluding hydrogens is 342 g/mol. The van der Waals surface area contributed by atoms with Gasteiger partial charge in [-0.05, 0) is 54.3 Å². The molecule has 2 N–H and O–H groups in total. The molecule has 1 aliphatic carbocycles. The van der Waals surface area contributed by atoms with Crippen molar-refractivity contribution in [3.63, 3.8) is 0 Å². The quantitative estimate of drug-likeness (QED) is 0.758. The lowest BCUT2D eigenvalue weighted by Gasteiger charge is -2.42. The van der Waals surface area contributed by atoms with Crippen LogP contribution in [-0.4, -0.2) is 42.3 Å². The van der Waals surface area contributed by atoms with Gasteiger partial charge in [0.2, 0.25) is 0 Å². The Morgan fingerprint density at radius 1 is 1.07 bits per heavy atom. The molecule has 2 atom stereocenters. The number of nitrogens with zero attached hydrogens (tertiary/aromatic N) is 1. The summed E-state index contributed by atoms with van der Waals surface area (Å²) in [7, 11) is 3.23. The number of rotatable bonds is 6. The van der Waals surface area contributed by atoms with E-state index < -0.39 is 0 Å². The minimum absolute atomic E-state index is 0.0481. The number of hydrogen-bond acceptors (Lipinski definition) is 4. The molecule has 0 saturated heterocycles. The van der Waals surface area contributed by atoms with Crippen LogP contribution >= 0.6 is 0 Å².